The lowest BCUT2D eigenvalue weighted by molar-refractivity contribution is 1.46. The molecule has 0 amide bonds. The fourth-order valence-corrected chi connectivity index (χ4v) is 1.18. The van der Waals surface area contributed by atoms with Crippen molar-refractivity contribution >= 4 is 28.7 Å². The average molecular weight is 259 g/mol. The summed E-state index contributed by atoms with van der Waals surface area (Å²) in [6.45, 7) is 2.07. The molecule has 0 aliphatic rings. The van der Waals surface area contributed by atoms with Crippen LogP contribution in [-0.2, 0) is 0 Å². The van der Waals surface area contributed by atoms with Crippen LogP contribution in [0, 0.1) is 6.92 Å². The molecule has 0 aliphatic carbocycles. The molecule has 2 heteroatoms. The number of aryl methyl sites for hydroxylation is 1. The highest BCUT2D eigenvalue weighted by Crippen LogP contribution is 2.08. The van der Waals surface area contributed by atoms with E-state index < -0.39 is 0 Å². The molecule has 0 saturated heterocycles. The van der Waals surface area contributed by atoms with E-state index in [-0.39, 0.29) is 0 Å². The van der Waals surface area contributed by atoms with Gasteiger partial charge < -0.3 is 5.73 Å². The Kier molecular flexibility index (Phi) is 2.93. The van der Waals surface area contributed by atoms with Crippen LogP contribution in [-0.4, -0.2) is 0 Å². The van der Waals surface area contributed by atoms with Gasteiger partial charge in [-0.15, -0.1) is 0 Å². The van der Waals surface area contributed by atoms with Crippen LogP contribution in [0.25, 0.3) is 6.08 Å². The van der Waals surface area contributed by atoms with E-state index in [9.17, 15) is 0 Å². The van der Waals surface area contributed by atoms with Crippen LogP contribution in [0.3, 0.4) is 0 Å². The Labute approximate surface area is 80.4 Å². The zero-order valence-corrected chi connectivity index (χ0v) is 8.50. The zero-order valence-electron chi connectivity index (χ0n) is 6.34. The van der Waals surface area contributed by atoms with Crippen molar-refractivity contribution in [1.29, 1.82) is 0 Å². The number of nitrogens with two attached hydrogens (primary N) is 1. The smallest absolute Gasteiger partial charge is 0.0711 e. The summed E-state index contributed by atoms with van der Waals surface area (Å²) in [4.78, 5) is 0. The largest absolute Gasteiger partial charge is 0.394 e. The van der Waals surface area contributed by atoms with Gasteiger partial charge in [0.15, 0.2) is 0 Å². The number of rotatable bonds is 1. The Hall–Kier alpha value is -0.510. The highest BCUT2D eigenvalue weighted by Gasteiger charge is 1.87. The fraction of sp³-hybridized carbons (Fsp3) is 0.111. The van der Waals surface area contributed by atoms with Crippen LogP contribution in [0.1, 0.15) is 11.1 Å². The molecule has 0 atom stereocenters. The molecule has 1 aromatic rings. The van der Waals surface area contributed by atoms with Gasteiger partial charge in [0.25, 0.3) is 0 Å². The molecule has 0 radical (unpaired) electrons. The summed E-state index contributed by atoms with van der Waals surface area (Å²) in [7, 11) is 0. The van der Waals surface area contributed by atoms with Crippen molar-refractivity contribution in [2.45, 2.75) is 6.92 Å². The summed E-state index contributed by atoms with van der Waals surface area (Å²) in [5, 5.41) is 0. The minimum absolute atomic E-state index is 0.812. The molecule has 0 saturated carbocycles. The van der Waals surface area contributed by atoms with Crippen molar-refractivity contribution in [3.05, 3.63) is 39.1 Å². The zero-order chi connectivity index (χ0) is 8.27. The summed E-state index contributed by atoms with van der Waals surface area (Å²) >= 11 is 2.09. The molecule has 2 N–H and O–H groups in total. The summed E-state index contributed by atoms with van der Waals surface area (Å²) in [6, 6.07) is 8.26. The standard InChI is InChI=1S/C9H10IN/c1-7-2-4-8(5-3-7)6-9(10)11/h2-6H,11H2,1H3/b9-6-. The second-order valence-corrected chi connectivity index (χ2v) is 3.69. The van der Waals surface area contributed by atoms with E-state index in [1.54, 1.807) is 0 Å². The van der Waals surface area contributed by atoms with Gasteiger partial charge in [-0.2, -0.15) is 0 Å². The van der Waals surface area contributed by atoms with Crippen molar-refractivity contribution in [2.24, 2.45) is 5.73 Å². The molecule has 58 valence electrons. The van der Waals surface area contributed by atoms with Gasteiger partial charge >= 0.3 is 0 Å². The maximum absolute atomic E-state index is 5.51. The van der Waals surface area contributed by atoms with Gasteiger partial charge in [-0.3, -0.25) is 0 Å². The third-order valence-corrected chi connectivity index (χ3v) is 1.69. The fourth-order valence-electron chi connectivity index (χ4n) is 0.822. The molecule has 0 unspecified atom stereocenters. The molecule has 0 aliphatic heterocycles. The van der Waals surface area contributed by atoms with Crippen molar-refractivity contribution in [3.8, 4) is 0 Å². The molecule has 0 fully saturated rings. The Morgan fingerprint density at radius 1 is 1.36 bits per heavy atom. The van der Waals surface area contributed by atoms with E-state index in [0.29, 0.717) is 0 Å². The second kappa shape index (κ2) is 3.76. The van der Waals surface area contributed by atoms with Gasteiger partial charge in [-0.1, -0.05) is 29.8 Å². The quantitative estimate of drug-likeness (QED) is 0.609. The predicted octanol–water partition coefficient (Wildman–Crippen LogP) is 2.69. The molecule has 0 heterocycles. The third kappa shape index (κ3) is 2.93. The minimum atomic E-state index is 0.812. The molecule has 0 spiro atoms. The van der Waals surface area contributed by atoms with Crippen molar-refractivity contribution in [2.75, 3.05) is 0 Å². The van der Waals surface area contributed by atoms with Crippen LogP contribution in [0.2, 0.25) is 0 Å². The molecule has 1 rings (SSSR count). The third-order valence-electron chi connectivity index (χ3n) is 1.38. The Morgan fingerprint density at radius 3 is 2.36 bits per heavy atom. The normalized spacial score (nSPS) is 11.6. The SMILES string of the molecule is Cc1ccc(/C=C(\N)I)cc1. The van der Waals surface area contributed by atoms with Gasteiger partial charge in [0.05, 0.1) is 3.70 Å². The first-order chi connectivity index (χ1) is 5.18. The Bertz CT molecular complexity index is 257. The first-order valence-electron chi connectivity index (χ1n) is 3.38. The average Bonchev–Trinajstić information content (AvgIpc) is 1.93. The monoisotopic (exact) mass is 259 g/mol. The van der Waals surface area contributed by atoms with E-state index in [4.69, 9.17) is 5.73 Å². The molecule has 1 nitrogen and oxygen atoms in total. The summed E-state index contributed by atoms with van der Waals surface area (Å²) in [6.07, 6.45) is 1.94. The van der Waals surface area contributed by atoms with E-state index in [0.717, 1.165) is 9.27 Å². The van der Waals surface area contributed by atoms with E-state index >= 15 is 0 Å². The van der Waals surface area contributed by atoms with E-state index in [1.807, 2.05) is 6.08 Å². The summed E-state index contributed by atoms with van der Waals surface area (Å²) < 4.78 is 0.812. The number of hydrogen-bond acceptors (Lipinski definition) is 1. The van der Waals surface area contributed by atoms with Gasteiger partial charge in [0.1, 0.15) is 0 Å². The topological polar surface area (TPSA) is 26.0 Å². The molecular formula is C9H10IN. The van der Waals surface area contributed by atoms with Crippen LogP contribution >= 0.6 is 22.6 Å². The predicted molar refractivity (Wildman–Crippen MR) is 57.4 cm³/mol. The van der Waals surface area contributed by atoms with Crippen molar-refractivity contribution in [3.63, 3.8) is 0 Å². The summed E-state index contributed by atoms with van der Waals surface area (Å²) in [5.41, 5.74) is 7.94. The number of halogens is 1. The maximum atomic E-state index is 5.51. The lowest BCUT2D eigenvalue weighted by Crippen LogP contribution is -1.85. The highest BCUT2D eigenvalue weighted by molar-refractivity contribution is 14.1. The van der Waals surface area contributed by atoms with Gasteiger partial charge in [0, 0.05) is 0 Å². The van der Waals surface area contributed by atoms with Crippen LogP contribution in [0.4, 0.5) is 0 Å². The molecular weight excluding hydrogens is 249 g/mol. The Balaban J connectivity index is 2.91. The Morgan fingerprint density at radius 2 is 1.91 bits per heavy atom. The number of hydrogen-bond donors (Lipinski definition) is 1. The van der Waals surface area contributed by atoms with Crippen LogP contribution in [0.5, 0.6) is 0 Å². The molecule has 0 bridgehead atoms. The lowest BCUT2D eigenvalue weighted by atomic mass is 10.1. The minimum Gasteiger partial charge on any atom is -0.394 e. The van der Waals surface area contributed by atoms with Crippen molar-refractivity contribution < 1.29 is 0 Å². The number of benzene rings is 1. The van der Waals surface area contributed by atoms with Gasteiger partial charge in [0.2, 0.25) is 0 Å². The molecule has 11 heavy (non-hydrogen) atoms. The van der Waals surface area contributed by atoms with Crippen LogP contribution in [0.15, 0.2) is 28.0 Å². The summed E-state index contributed by atoms with van der Waals surface area (Å²) in [5.74, 6) is 0. The second-order valence-electron chi connectivity index (χ2n) is 2.44. The van der Waals surface area contributed by atoms with Crippen LogP contribution < -0.4 is 5.73 Å². The van der Waals surface area contributed by atoms with Crippen molar-refractivity contribution in [1.82, 2.24) is 0 Å². The molecule has 1 aromatic carbocycles. The van der Waals surface area contributed by atoms with E-state index in [2.05, 4.69) is 53.8 Å². The lowest BCUT2D eigenvalue weighted by Gasteiger charge is -1.94. The molecule has 0 aromatic heterocycles. The highest BCUT2D eigenvalue weighted by atomic mass is 127. The van der Waals surface area contributed by atoms with Gasteiger partial charge in [-0.05, 0) is 41.2 Å². The first-order valence-corrected chi connectivity index (χ1v) is 4.46. The first kappa shape index (κ1) is 8.59. The van der Waals surface area contributed by atoms with Gasteiger partial charge in [-0.25, -0.2) is 0 Å². The van der Waals surface area contributed by atoms with E-state index in [1.165, 1.54) is 5.56 Å². The maximum Gasteiger partial charge on any atom is 0.0711 e.